The summed E-state index contributed by atoms with van der Waals surface area (Å²) in [5.41, 5.74) is -0.656. The van der Waals surface area contributed by atoms with Crippen LogP contribution in [0.25, 0.3) is 0 Å². The first-order chi connectivity index (χ1) is 14.5. The maximum Gasteiger partial charge on any atom is 0.252 e. The Morgan fingerprint density at radius 2 is 1.77 bits per heavy atom. The number of carbonyl (C=O) groups is 3. The van der Waals surface area contributed by atoms with E-state index < -0.39 is 11.6 Å². The maximum absolute atomic E-state index is 13.6. The second-order valence-corrected chi connectivity index (χ2v) is 9.92. The van der Waals surface area contributed by atoms with Crippen LogP contribution >= 0.6 is 0 Å². The number of imide groups is 1. The van der Waals surface area contributed by atoms with E-state index in [0.717, 1.165) is 13.0 Å². The molecule has 0 aromatic carbocycles. The third kappa shape index (κ3) is 3.28. The summed E-state index contributed by atoms with van der Waals surface area (Å²) in [6, 6.07) is 0.162. The van der Waals surface area contributed by atoms with Gasteiger partial charge in [-0.15, -0.1) is 0 Å². The number of hydrogen-bond acceptors (Lipinski definition) is 6. The van der Waals surface area contributed by atoms with E-state index in [-0.39, 0.29) is 23.8 Å². The summed E-state index contributed by atoms with van der Waals surface area (Å²) in [6.07, 6.45) is 8.21. The van der Waals surface area contributed by atoms with Crippen LogP contribution in [0.2, 0.25) is 0 Å². The number of nitrogens with zero attached hydrogens (tertiary/aromatic N) is 4. The van der Waals surface area contributed by atoms with E-state index >= 15 is 0 Å². The smallest absolute Gasteiger partial charge is 0.252 e. The molecular weight excluding hydrogens is 384 g/mol. The minimum atomic E-state index is -0.656. The summed E-state index contributed by atoms with van der Waals surface area (Å²) in [4.78, 5) is 46.3. The van der Waals surface area contributed by atoms with Crippen molar-refractivity contribution < 1.29 is 19.5 Å². The average molecular weight is 419 g/mol. The number of likely N-dealkylation sites (tertiary alicyclic amines) is 2. The van der Waals surface area contributed by atoms with Crippen molar-refractivity contribution in [1.29, 1.82) is 0 Å². The van der Waals surface area contributed by atoms with Crippen LogP contribution in [0.4, 0.5) is 0 Å². The molecule has 0 bridgehead atoms. The Morgan fingerprint density at radius 3 is 2.47 bits per heavy atom. The van der Waals surface area contributed by atoms with E-state index in [0.29, 0.717) is 58.0 Å². The Hall–Kier alpha value is -1.51. The third-order valence-corrected chi connectivity index (χ3v) is 8.02. The number of β-amino-alcohol motifs (C(OH)–C–C–N with tert-alkyl or cyclic N) is 1. The zero-order chi connectivity index (χ0) is 20.9. The van der Waals surface area contributed by atoms with E-state index in [1.807, 2.05) is 9.80 Å². The number of fused-ring (bicyclic) bond motifs is 2. The second kappa shape index (κ2) is 7.88. The molecule has 1 saturated carbocycles. The highest BCUT2D eigenvalue weighted by atomic mass is 16.3. The topological polar surface area (TPSA) is 84.4 Å². The summed E-state index contributed by atoms with van der Waals surface area (Å²) in [5.74, 6) is -0.0707. The van der Waals surface area contributed by atoms with Gasteiger partial charge in [0, 0.05) is 51.7 Å². The standard InChI is InChI=1S/C22H34N4O4/c27-17-12-18-20(29)25(11-5-10-23-9-4-8-19(23)28)21(30)22(26(18)13-17)14-24(15-22)16-6-2-1-3-7-16/h16-18,27H,1-15H2. The van der Waals surface area contributed by atoms with Crippen LogP contribution in [0.3, 0.4) is 0 Å². The summed E-state index contributed by atoms with van der Waals surface area (Å²) in [7, 11) is 0. The van der Waals surface area contributed by atoms with Crippen LogP contribution in [0.1, 0.15) is 57.8 Å². The number of aliphatic hydroxyl groups is 1. The highest BCUT2D eigenvalue weighted by Gasteiger charge is 2.64. The molecule has 4 aliphatic heterocycles. The molecule has 0 radical (unpaired) electrons. The molecule has 5 aliphatic rings. The number of piperazine rings is 1. The van der Waals surface area contributed by atoms with Crippen LogP contribution in [0.5, 0.6) is 0 Å². The molecule has 0 aromatic heterocycles. The molecule has 2 atom stereocenters. The lowest BCUT2D eigenvalue weighted by Gasteiger charge is -2.60. The fraction of sp³-hybridized carbons (Fsp3) is 0.864. The van der Waals surface area contributed by atoms with Crippen molar-refractivity contribution in [2.45, 2.75) is 81.5 Å². The van der Waals surface area contributed by atoms with E-state index in [9.17, 15) is 19.5 Å². The van der Waals surface area contributed by atoms with Gasteiger partial charge < -0.3 is 10.0 Å². The van der Waals surface area contributed by atoms with Crippen LogP contribution < -0.4 is 0 Å². The summed E-state index contributed by atoms with van der Waals surface area (Å²) in [6.45, 7) is 3.52. The zero-order valence-corrected chi connectivity index (χ0v) is 17.8. The summed E-state index contributed by atoms with van der Waals surface area (Å²) >= 11 is 0. The molecule has 30 heavy (non-hydrogen) atoms. The van der Waals surface area contributed by atoms with Gasteiger partial charge >= 0.3 is 0 Å². The monoisotopic (exact) mass is 418 g/mol. The lowest BCUT2D eigenvalue weighted by atomic mass is 9.79. The summed E-state index contributed by atoms with van der Waals surface area (Å²) < 4.78 is 0. The molecule has 1 aliphatic carbocycles. The number of amides is 3. The first-order valence-electron chi connectivity index (χ1n) is 11.8. The Kier molecular flexibility index (Phi) is 5.35. The highest BCUT2D eigenvalue weighted by Crippen LogP contribution is 2.42. The normalized spacial score (nSPS) is 32.9. The molecule has 8 heteroatoms. The predicted molar refractivity (Wildman–Crippen MR) is 109 cm³/mol. The van der Waals surface area contributed by atoms with E-state index in [4.69, 9.17) is 0 Å². The Labute approximate surface area is 178 Å². The van der Waals surface area contributed by atoms with Crippen molar-refractivity contribution in [3.8, 4) is 0 Å². The molecule has 0 aromatic rings. The molecule has 4 heterocycles. The van der Waals surface area contributed by atoms with Crippen molar-refractivity contribution >= 4 is 17.7 Å². The molecule has 1 spiro atoms. The van der Waals surface area contributed by atoms with Gasteiger partial charge in [0.15, 0.2) is 0 Å². The molecule has 4 saturated heterocycles. The van der Waals surface area contributed by atoms with Crippen LogP contribution in [-0.2, 0) is 14.4 Å². The molecule has 5 rings (SSSR count). The fourth-order valence-corrected chi connectivity index (χ4v) is 6.39. The van der Waals surface area contributed by atoms with Gasteiger partial charge in [-0.05, 0) is 32.1 Å². The Bertz CT molecular complexity index is 716. The quantitative estimate of drug-likeness (QED) is 0.642. The maximum atomic E-state index is 13.6. The van der Waals surface area contributed by atoms with Crippen LogP contribution in [0.15, 0.2) is 0 Å². The van der Waals surface area contributed by atoms with Gasteiger partial charge in [0.05, 0.1) is 12.1 Å². The van der Waals surface area contributed by atoms with E-state index in [1.165, 1.54) is 37.0 Å². The summed E-state index contributed by atoms with van der Waals surface area (Å²) in [5, 5.41) is 10.3. The molecular formula is C22H34N4O4. The fourth-order valence-electron chi connectivity index (χ4n) is 6.39. The van der Waals surface area contributed by atoms with E-state index in [2.05, 4.69) is 4.90 Å². The second-order valence-electron chi connectivity index (χ2n) is 9.92. The largest absolute Gasteiger partial charge is 0.392 e. The van der Waals surface area contributed by atoms with Gasteiger partial charge in [-0.25, -0.2) is 0 Å². The zero-order valence-electron chi connectivity index (χ0n) is 17.8. The Morgan fingerprint density at radius 1 is 1.00 bits per heavy atom. The third-order valence-electron chi connectivity index (χ3n) is 8.02. The lowest BCUT2D eigenvalue weighted by molar-refractivity contribution is -0.183. The van der Waals surface area contributed by atoms with Gasteiger partial charge in [-0.2, -0.15) is 0 Å². The highest BCUT2D eigenvalue weighted by molar-refractivity contribution is 6.06. The van der Waals surface area contributed by atoms with Crippen LogP contribution in [-0.4, -0.2) is 105 Å². The van der Waals surface area contributed by atoms with Gasteiger partial charge in [-0.1, -0.05) is 19.3 Å². The van der Waals surface area contributed by atoms with Crippen molar-refractivity contribution in [3.05, 3.63) is 0 Å². The van der Waals surface area contributed by atoms with Crippen molar-refractivity contribution in [2.75, 3.05) is 39.3 Å². The van der Waals surface area contributed by atoms with E-state index in [1.54, 1.807) is 0 Å². The number of rotatable bonds is 5. The predicted octanol–water partition coefficient (Wildman–Crippen LogP) is 0.190. The minimum Gasteiger partial charge on any atom is -0.392 e. The van der Waals surface area contributed by atoms with Crippen molar-refractivity contribution in [3.63, 3.8) is 0 Å². The molecule has 166 valence electrons. The Balaban J connectivity index is 1.28. The minimum absolute atomic E-state index is 0.0855. The number of aliphatic hydroxyl groups excluding tert-OH is 1. The molecule has 3 amide bonds. The van der Waals surface area contributed by atoms with Crippen molar-refractivity contribution in [1.82, 2.24) is 19.6 Å². The molecule has 1 N–H and O–H groups in total. The lowest BCUT2D eigenvalue weighted by Crippen LogP contribution is -2.82. The van der Waals surface area contributed by atoms with Gasteiger partial charge in [0.1, 0.15) is 5.54 Å². The first-order valence-corrected chi connectivity index (χ1v) is 11.8. The van der Waals surface area contributed by atoms with Gasteiger partial charge in [-0.3, -0.25) is 29.1 Å². The van der Waals surface area contributed by atoms with Gasteiger partial charge in [0.25, 0.3) is 5.91 Å². The van der Waals surface area contributed by atoms with Crippen molar-refractivity contribution in [2.24, 2.45) is 0 Å². The number of hydrogen-bond donors (Lipinski definition) is 1. The molecule has 5 fully saturated rings. The SMILES string of the molecule is O=C1CCCN1CCCN1C(=O)C2CC(O)CN2C2(CN(C3CCCCC3)C2)C1=O. The van der Waals surface area contributed by atoms with Crippen LogP contribution in [0, 0.1) is 0 Å². The average Bonchev–Trinajstić information content (AvgIpc) is 3.30. The van der Waals surface area contributed by atoms with Gasteiger partial charge in [0.2, 0.25) is 11.8 Å². The first kappa shape index (κ1) is 20.4. The number of carbonyl (C=O) groups excluding carboxylic acids is 3. The molecule has 2 unspecified atom stereocenters. The molecule has 8 nitrogen and oxygen atoms in total.